The molecule has 0 aromatic heterocycles. The van der Waals surface area contributed by atoms with E-state index in [2.05, 4.69) is 35.5 Å². The molecule has 0 spiro atoms. The molecule has 0 radical (unpaired) electrons. The second-order valence-corrected chi connectivity index (χ2v) is 10.0. The van der Waals surface area contributed by atoms with Gasteiger partial charge >= 0.3 is 6.03 Å². The Labute approximate surface area is 199 Å². The van der Waals surface area contributed by atoms with Gasteiger partial charge in [0.05, 0.1) is 19.3 Å². The van der Waals surface area contributed by atoms with Crippen molar-refractivity contribution >= 4 is 11.9 Å². The highest BCUT2D eigenvalue weighted by atomic mass is 16.5. The van der Waals surface area contributed by atoms with Gasteiger partial charge in [-0.3, -0.25) is 4.79 Å². The minimum Gasteiger partial charge on any atom is -0.378 e. The second-order valence-electron chi connectivity index (χ2n) is 10.0. The highest BCUT2D eigenvalue weighted by Gasteiger charge is 2.39. The van der Waals surface area contributed by atoms with E-state index in [4.69, 9.17) is 4.74 Å². The molecule has 8 heteroatoms. The van der Waals surface area contributed by atoms with Crippen LogP contribution in [0, 0.1) is 17.2 Å². The maximum absolute atomic E-state index is 13.5. The fourth-order valence-corrected chi connectivity index (χ4v) is 5.66. The molecule has 2 aliphatic heterocycles. The normalized spacial score (nSPS) is 23.0. The van der Waals surface area contributed by atoms with Gasteiger partial charge in [0.15, 0.2) is 0 Å². The lowest BCUT2D eigenvalue weighted by Gasteiger charge is -2.41. The lowest BCUT2D eigenvalue weighted by Crippen LogP contribution is -2.61. The lowest BCUT2D eigenvalue weighted by molar-refractivity contribution is -0.125. The molecule has 0 bridgehead atoms. The van der Waals surface area contributed by atoms with Crippen LogP contribution in [0.4, 0.5) is 4.79 Å². The Bertz CT molecular complexity index is 670. The molecule has 3 amide bonds. The van der Waals surface area contributed by atoms with Crippen molar-refractivity contribution in [2.45, 2.75) is 95.7 Å². The Morgan fingerprint density at radius 2 is 1.70 bits per heavy atom. The summed E-state index contributed by atoms with van der Waals surface area (Å²) in [5.41, 5.74) is -0.853. The van der Waals surface area contributed by atoms with E-state index >= 15 is 0 Å². The van der Waals surface area contributed by atoms with Crippen LogP contribution in [0.25, 0.3) is 0 Å². The SMILES string of the molecule is CCC(CC)N1CCC(C#N)(NC(=O)C(CC2CCCCC2)NC(=O)N2CCOCC2)CC1. The second kappa shape index (κ2) is 12.6. The van der Waals surface area contributed by atoms with E-state index in [0.29, 0.717) is 57.5 Å². The zero-order valence-electron chi connectivity index (χ0n) is 20.6. The summed E-state index contributed by atoms with van der Waals surface area (Å²) in [4.78, 5) is 30.5. The van der Waals surface area contributed by atoms with E-state index in [-0.39, 0.29) is 11.9 Å². The molecule has 0 aromatic carbocycles. The number of piperidine rings is 1. The number of nitrogens with one attached hydrogen (secondary N) is 2. The quantitative estimate of drug-likeness (QED) is 0.579. The van der Waals surface area contributed by atoms with E-state index in [0.717, 1.165) is 38.8 Å². The van der Waals surface area contributed by atoms with Gasteiger partial charge in [-0.2, -0.15) is 5.26 Å². The van der Waals surface area contributed by atoms with Crippen LogP contribution in [0.5, 0.6) is 0 Å². The van der Waals surface area contributed by atoms with Crippen molar-refractivity contribution < 1.29 is 14.3 Å². The molecule has 3 fully saturated rings. The number of carbonyl (C=O) groups excluding carboxylic acids is 2. The summed E-state index contributed by atoms with van der Waals surface area (Å²) < 4.78 is 5.35. The molecule has 2 saturated heterocycles. The number of nitriles is 1. The fraction of sp³-hybridized carbons (Fsp3) is 0.880. The molecule has 1 atom stereocenters. The third-order valence-electron chi connectivity index (χ3n) is 7.89. The zero-order chi connectivity index (χ0) is 23.7. The van der Waals surface area contributed by atoms with Gasteiger partial charge in [-0.1, -0.05) is 46.0 Å². The third-order valence-corrected chi connectivity index (χ3v) is 7.89. The molecule has 2 heterocycles. The molecular weight excluding hydrogens is 418 g/mol. The number of amides is 3. The van der Waals surface area contributed by atoms with Crippen LogP contribution in [0.3, 0.4) is 0 Å². The average Bonchev–Trinajstić information content (AvgIpc) is 2.86. The Kier molecular flexibility index (Phi) is 9.81. The first kappa shape index (κ1) is 25.8. The molecule has 2 N–H and O–H groups in total. The van der Waals surface area contributed by atoms with Crippen molar-refractivity contribution in [2.75, 3.05) is 39.4 Å². The molecule has 1 saturated carbocycles. The van der Waals surface area contributed by atoms with Gasteiger partial charge in [-0.25, -0.2) is 4.79 Å². The first-order valence-electron chi connectivity index (χ1n) is 13.1. The fourth-order valence-electron chi connectivity index (χ4n) is 5.66. The summed E-state index contributed by atoms with van der Waals surface area (Å²) in [6, 6.07) is 2.14. The van der Waals surface area contributed by atoms with Gasteiger partial charge in [0, 0.05) is 32.2 Å². The third kappa shape index (κ3) is 7.07. The number of hydrogen-bond acceptors (Lipinski definition) is 5. The van der Waals surface area contributed by atoms with Crippen molar-refractivity contribution in [2.24, 2.45) is 5.92 Å². The topological polar surface area (TPSA) is 97.7 Å². The van der Waals surface area contributed by atoms with Crippen LogP contribution in [-0.2, 0) is 9.53 Å². The van der Waals surface area contributed by atoms with Crippen molar-refractivity contribution in [1.29, 1.82) is 5.26 Å². The standard InChI is InChI=1S/C25H43N5O3/c1-3-21(4-2)29-12-10-25(19-26,11-13-29)28-23(31)22(18-20-8-6-5-7-9-20)27-24(32)30-14-16-33-17-15-30/h20-22H,3-18H2,1-2H3,(H,27,32)(H,28,31). The van der Waals surface area contributed by atoms with E-state index in [1.807, 2.05) is 0 Å². The number of ether oxygens (including phenoxy) is 1. The minimum atomic E-state index is -0.853. The van der Waals surface area contributed by atoms with Gasteiger partial charge < -0.3 is 25.2 Å². The van der Waals surface area contributed by atoms with Gasteiger partial charge in [-0.05, 0) is 38.0 Å². The van der Waals surface area contributed by atoms with Crippen LogP contribution in [0.15, 0.2) is 0 Å². The van der Waals surface area contributed by atoms with E-state index in [1.54, 1.807) is 4.90 Å². The van der Waals surface area contributed by atoms with E-state index in [9.17, 15) is 14.9 Å². The van der Waals surface area contributed by atoms with Gasteiger partial charge in [-0.15, -0.1) is 0 Å². The average molecular weight is 462 g/mol. The van der Waals surface area contributed by atoms with Crippen LogP contribution in [0.2, 0.25) is 0 Å². The number of likely N-dealkylation sites (tertiary alicyclic amines) is 1. The van der Waals surface area contributed by atoms with E-state index in [1.165, 1.54) is 19.3 Å². The predicted octanol–water partition coefficient (Wildman–Crippen LogP) is 3.03. The highest BCUT2D eigenvalue weighted by Crippen LogP contribution is 2.29. The van der Waals surface area contributed by atoms with Gasteiger partial charge in [0.2, 0.25) is 5.91 Å². The number of rotatable bonds is 8. The molecule has 3 aliphatic rings. The smallest absolute Gasteiger partial charge is 0.318 e. The number of carbonyl (C=O) groups is 2. The minimum absolute atomic E-state index is 0.205. The summed E-state index contributed by atoms with van der Waals surface area (Å²) in [6.07, 6.45) is 9.91. The molecule has 1 aliphatic carbocycles. The van der Waals surface area contributed by atoms with Crippen LogP contribution in [0.1, 0.15) is 78.1 Å². The van der Waals surface area contributed by atoms with E-state index < -0.39 is 11.6 Å². The number of urea groups is 1. The first-order valence-corrected chi connectivity index (χ1v) is 13.1. The highest BCUT2D eigenvalue weighted by molar-refractivity contribution is 5.87. The summed E-state index contributed by atoms with van der Waals surface area (Å²) in [5.74, 6) is 0.231. The number of morpholine rings is 1. The van der Waals surface area contributed by atoms with Crippen LogP contribution in [-0.4, -0.2) is 78.8 Å². The monoisotopic (exact) mass is 461 g/mol. The Morgan fingerprint density at radius 1 is 1.06 bits per heavy atom. The molecule has 8 nitrogen and oxygen atoms in total. The Morgan fingerprint density at radius 3 is 2.27 bits per heavy atom. The predicted molar refractivity (Wildman–Crippen MR) is 128 cm³/mol. The maximum atomic E-state index is 13.5. The van der Waals surface area contributed by atoms with Gasteiger partial charge in [0.1, 0.15) is 11.6 Å². The molecule has 186 valence electrons. The molecule has 3 rings (SSSR count). The number of nitrogens with zero attached hydrogens (tertiary/aromatic N) is 3. The summed E-state index contributed by atoms with van der Waals surface area (Å²) in [5, 5.41) is 16.1. The molecular formula is C25H43N5O3. The molecule has 33 heavy (non-hydrogen) atoms. The van der Waals surface area contributed by atoms with Gasteiger partial charge in [0.25, 0.3) is 0 Å². The summed E-state index contributed by atoms with van der Waals surface area (Å²) in [7, 11) is 0. The van der Waals surface area contributed by atoms with Crippen LogP contribution >= 0.6 is 0 Å². The van der Waals surface area contributed by atoms with Crippen molar-refractivity contribution in [3.8, 4) is 6.07 Å². The van der Waals surface area contributed by atoms with Crippen molar-refractivity contribution in [3.05, 3.63) is 0 Å². The molecule has 0 aromatic rings. The molecule has 1 unspecified atom stereocenters. The largest absolute Gasteiger partial charge is 0.378 e. The zero-order valence-corrected chi connectivity index (χ0v) is 20.6. The maximum Gasteiger partial charge on any atom is 0.318 e. The summed E-state index contributed by atoms with van der Waals surface area (Å²) >= 11 is 0. The first-order chi connectivity index (χ1) is 16.0. The Balaban J connectivity index is 1.64. The van der Waals surface area contributed by atoms with Crippen LogP contribution < -0.4 is 10.6 Å². The summed E-state index contributed by atoms with van der Waals surface area (Å²) in [6.45, 7) is 8.16. The Hall–Kier alpha value is -1.85. The number of hydrogen-bond donors (Lipinski definition) is 2. The van der Waals surface area contributed by atoms with Crippen molar-refractivity contribution in [1.82, 2.24) is 20.4 Å². The lowest BCUT2D eigenvalue weighted by atomic mass is 9.83. The van der Waals surface area contributed by atoms with Crippen molar-refractivity contribution in [3.63, 3.8) is 0 Å².